The maximum Gasteiger partial charge on any atom is 0.329 e. The number of nitrogens with zero attached hydrogens (tertiary/aromatic N) is 1. The van der Waals surface area contributed by atoms with E-state index in [4.69, 9.17) is 14.6 Å². The van der Waals surface area contributed by atoms with Gasteiger partial charge in [0.05, 0.1) is 17.2 Å². The van der Waals surface area contributed by atoms with Gasteiger partial charge in [-0.3, -0.25) is 9.59 Å². The zero-order valence-electron chi connectivity index (χ0n) is 15.2. The zero-order valence-corrected chi connectivity index (χ0v) is 16.8. The molecule has 1 fully saturated rings. The SMILES string of the molecule is CCOc1cc(/C=C2/NC(=O)N(CC(=O)O)C2=O)cc(Br)c1O[C@@H](C)CC. The standard InChI is InChI=1S/C18H21BrN2O6/c1-4-10(3)27-16-12(19)6-11(8-14(16)26-5-2)7-13-17(24)21(9-15(22)23)18(25)20-13/h6-8,10H,4-5,9H2,1-3H3,(H,20,25)(H,22,23)/b13-7+/t10-/m0/s1. The van der Waals surface area contributed by atoms with Crippen LogP contribution in [0.15, 0.2) is 22.3 Å². The van der Waals surface area contributed by atoms with Gasteiger partial charge in [0, 0.05) is 0 Å². The second kappa shape index (κ2) is 8.90. The van der Waals surface area contributed by atoms with E-state index >= 15 is 0 Å². The molecule has 0 radical (unpaired) electrons. The first-order chi connectivity index (χ1) is 12.8. The van der Waals surface area contributed by atoms with Crippen molar-refractivity contribution in [3.63, 3.8) is 0 Å². The molecule has 1 aromatic rings. The van der Waals surface area contributed by atoms with Gasteiger partial charge in [-0.05, 0) is 60.0 Å². The molecular weight excluding hydrogens is 420 g/mol. The number of hydrogen-bond donors (Lipinski definition) is 2. The summed E-state index contributed by atoms with van der Waals surface area (Å²) < 4.78 is 12.2. The van der Waals surface area contributed by atoms with Crippen LogP contribution in [0.5, 0.6) is 11.5 Å². The monoisotopic (exact) mass is 440 g/mol. The van der Waals surface area contributed by atoms with Crippen molar-refractivity contribution >= 4 is 39.9 Å². The molecule has 9 heteroatoms. The maximum atomic E-state index is 12.2. The van der Waals surface area contributed by atoms with Crippen molar-refractivity contribution in [2.24, 2.45) is 0 Å². The molecule has 2 rings (SSSR count). The number of amides is 3. The van der Waals surface area contributed by atoms with Gasteiger partial charge in [-0.15, -0.1) is 0 Å². The van der Waals surface area contributed by atoms with Gasteiger partial charge in [0.1, 0.15) is 12.2 Å². The Kier molecular flexibility index (Phi) is 6.84. The molecule has 0 aromatic heterocycles. The molecule has 1 aliphatic heterocycles. The van der Waals surface area contributed by atoms with E-state index in [9.17, 15) is 14.4 Å². The van der Waals surface area contributed by atoms with Crippen LogP contribution in [0.4, 0.5) is 4.79 Å². The third-order valence-corrected chi connectivity index (χ3v) is 4.38. The lowest BCUT2D eigenvalue weighted by Crippen LogP contribution is -2.35. The van der Waals surface area contributed by atoms with Gasteiger partial charge in [0.2, 0.25) is 0 Å². The molecule has 1 heterocycles. The van der Waals surface area contributed by atoms with Crippen LogP contribution in [0, 0.1) is 0 Å². The number of carboxylic acids is 1. The van der Waals surface area contributed by atoms with Crippen molar-refractivity contribution in [3.8, 4) is 11.5 Å². The first kappa shape index (κ1) is 20.8. The number of nitrogens with one attached hydrogen (secondary N) is 1. The van der Waals surface area contributed by atoms with Crippen molar-refractivity contribution in [2.75, 3.05) is 13.2 Å². The van der Waals surface area contributed by atoms with Gasteiger partial charge < -0.3 is 19.9 Å². The first-order valence-corrected chi connectivity index (χ1v) is 9.25. The van der Waals surface area contributed by atoms with Crippen LogP contribution in [0.2, 0.25) is 0 Å². The number of halogens is 1. The van der Waals surface area contributed by atoms with Crippen LogP contribution in [0.1, 0.15) is 32.8 Å². The van der Waals surface area contributed by atoms with Gasteiger partial charge in [0.15, 0.2) is 11.5 Å². The van der Waals surface area contributed by atoms with Gasteiger partial charge in [0.25, 0.3) is 5.91 Å². The summed E-state index contributed by atoms with van der Waals surface area (Å²) in [5.74, 6) is -0.912. The Morgan fingerprint density at radius 2 is 2.07 bits per heavy atom. The van der Waals surface area contributed by atoms with Gasteiger partial charge in [-0.2, -0.15) is 0 Å². The number of benzene rings is 1. The Morgan fingerprint density at radius 3 is 2.67 bits per heavy atom. The molecule has 8 nitrogen and oxygen atoms in total. The molecule has 3 amide bonds. The molecular formula is C18H21BrN2O6. The Bertz CT molecular complexity index is 792. The van der Waals surface area contributed by atoms with Gasteiger partial charge >= 0.3 is 12.0 Å². The van der Waals surface area contributed by atoms with Crippen LogP contribution in [0.3, 0.4) is 0 Å². The van der Waals surface area contributed by atoms with E-state index in [0.29, 0.717) is 33.0 Å². The fraction of sp³-hybridized carbons (Fsp3) is 0.389. The predicted molar refractivity (Wildman–Crippen MR) is 102 cm³/mol. The molecule has 2 N–H and O–H groups in total. The highest BCUT2D eigenvalue weighted by molar-refractivity contribution is 9.10. The summed E-state index contributed by atoms with van der Waals surface area (Å²) in [6.07, 6.45) is 2.27. The minimum Gasteiger partial charge on any atom is -0.490 e. The number of rotatable bonds is 8. The minimum atomic E-state index is -1.27. The van der Waals surface area contributed by atoms with Crippen molar-refractivity contribution in [1.82, 2.24) is 10.2 Å². The Hall–Kier alpha value is -2.55. The smallest absolute Gasteiger partial charge is 0.329 e. The van der Waals surface area contributed by atoms with Crippen molar-refractivity contribution in [1.29, 1.82) is 0 Å². The lowest BCUT2D eigenvalue weighted by Gasteiger charge is -2.18. The van der Waals surface area contributed by atoms with E-state index in [2.05, 4.69) is 21.2 Å². The number of hydrogen-bond acceptors (Lipinski definition) is 5. The van der Waals surface area contributed by atoms with Gasteiger partial charge in [-0.1, -0.05) is 6.92 Å². The Labute approximate surface area is 165 Å². The predicted octanol–water partition coefficient (Wildman–Crippen LogP) is 3.00. The quantitative estimate of drug-likeness (QED) is 0.475. The second-order valence-electron chi connectivity index (χ2n) is 5.87. The summed E-state index contributed by atoms with van der Waals surface area (Å²) in [6.45, 7) is 5.52. The number of carbonyl (C=O) groups is 3. The summed E-state index contributed by atoms with van der Waals surface area (Å²) >= 11 is 3.45. The van der Waals surface area contributed by atoms with Crippen molar-refractivity contribution < 1.29 is 29.0 Å². The zero-order chi connectivity index (χ0) is 20.1. The number of ether oxygens (including phenoxy) is 2. The third-order valence-electron chi connectivity index (χ3n) is 3.79. The molecule has 0 bridgehead atoms. The normalized spacial score (nSPS) is 16.4. The fourth-order valence-electron chi connectivity index (χ4n) is 2.35. The molecule has 27 heavy (non-hydrogen) atoms. The van der Waals surface area contributed by atoms with Crippen molar-refractivity contribution in [3.05, 3.63) is 27.9 Å². The lowest BCUT2D eigenvalue weighted by molar-refractivity contribution is -0.140. The maximum absolute atomic E-state index is 12.2. The summed E-state index contributed by atoms with van der Waals surface area (Å²) in [7, 11) is 0. The molecule has 1 aromatic carbocycles. The van der Waals surface area contributed by atoms with Crippen LogP contribution in [-0.2, 0) is 9.59 Å². The van der Waals surface area contributed by atoms with E-state index in [1.54, 1.807) is 12.1 Å². The second-order valence-corrected chi connectivity index (χ2v) is 6.73. The van der Waals surface area contributed by atoms with E-state index in [-0.39, 0.29) is 11.8 Å². The molecule has 1 atom stereocenters. The largest absolute Gasteiger partial charge is 0.490 e. The number of aliphatic carboxylic acids is 1. The van der Waals surface area contributed by atoms with Crippen LogP contribution in [-0.4, -0.2) is 47.2 Å². The molecule has 0 aliphatic carbocycles. The third kappa shape index (κ3) is 5.00. The summed E-state index contributed by atoms with van der Waals surface area (Å²) in [4.78, 5) is 35.5. The average molecular weight is 441 g/mol. The Morgan fingerprint density at radius 1 is 1.37 bits per heavy atom. The summed E-state index contributed by atoms with van der Waals surface area (Å²) in [5, 5.41) is 11.2. The molecule has 1 aliphatic rings. The first-order valence-electron chi connectivity index (χ1n) is 8.46. The average Bonchev–Trinajstić information content (AvgIpc) is 2.85. The van der Waals surface area contributed by atoms with E-state index < -0.39 is 24.5 Å². The van der Waals surface area contributed by atoms with E-state index in [1.807, 2.05) is 20.8 Å². The number of carbonyl (C=O) groups excluding carboxylic acids is 2. The number of urea groups is 1. The topological polar surface area (TPSA) is 105 Å². The molecule has 0 unspecified atom stereocenters. The van der Waals surface area contributed by atoms with Crippen molar-refractivity contribution in [2.45, 2.75) is 33.3 Å². The number of carboxylic acid groups (broad SMARTS) is 1. The van der Waals surface area contributed by atoms with E-state index in [1.165, 1.54) is 6.08 Å². The minimum absolute atomic E-state index is 0.00815. The fourth-order valence-corrected chi connectivity index (χ4v) is 2.90. The van der Waals surface area contributed by atoms with Gasteiger partial charge in [-0.25, -0.2) is 9.69 Å². The highest BCUT2D eigenvalue weighted by Crippen LogP contribution is 2.38. The molecule has 1 saturated heterocycles. The Balaban J connectivity index is 2.36. The lowest BCUT2D eigenvalue weighted by atomic mass is 10.1. The molecule has 0 spiro atoms. The van der Waals surface area contributed by atoms with E-state index in [0.717, 1.165) is 6.42 Å². The molecule has 146 valence electrons. The van der Waals surface area contributed by atoms with Crippen LogP contribution in [0.25, 0.3) is 6.08 Å². The molecule has 0 saturated carbocycles. The highest BCUT2D eigenvalue weighted by atomic mass is 79.9. The highest BCUT2D eigenvalue weighted by Gasteiger charge is 2.34. The van der Waals surface area contributed by atoms with Crippen LogP contribution >= 0.6 is 15.9 Å². The summed E-state index contributed by atoms with van der Waals surface area (Å²) in [5.41, 5.74) is 0.578. The summed E-state index contributed by atoms with van der Waals surface area (Å²) in [6, 6.07) is 2.65. The number of imide groups is 1. The van der Waals surface area contributed by atoms with Crippen LogP contribution < -0.4 is 14.8 Å².